The lowest BCUT2D eigenvalue weighted by Crippen LogP contribution is -2.10. The molecule has 0 bridgehead atoms. The van der Waals surface area contributed by atoms with Gasteiger partial charge in [0.25, 0.3) is 5.91 Å². The molecule has 0 aliphatic rings. The van der Waals surface area contributed by atoms with Crippen LogP contribution in [0.4, 0.5) is 5.69 Å². The summed E-state index contributed by atoms with van der Waals surface area (Å²) in [6.07, 6.45) is 3.29. The van der Waals surface area contributed by atoms with Crippen LogP contribution in [0.5, 0.6) is 5.75 Å². The lowest BCUT2D eigenvalue weighted by atomic mass is 10.1. The van der Waals surface area contributed by atoms with Gasteiger partial charge in [-0.25, -0.2) is 0 Å². The Morgan fingerprint density at radius 2 is 2.00 bits per heavy atom. The summed E-state index contributed by atoms with van der Waals surface area (Å²) in [7, 11) is 1.78. The zero-order valence-corrected chi connectivity index (χ0v) is 14.2. The maximum absolute atomic E-state index is 12.2. The van der Waals surface area contributed by atoms with E-state index in [1.807, 2.05) is 36.4 Å². The molecule has 0 fully saturated rings. The number of aryl methyl sites for hydroxylation is 1. The molecule has 4 aromatic rings. The van der Waals surface area contributed by atoms with E-state index < -0.39 is 0 Å². The normalized spacial score (nSPS) is 10.8. The second-order valence-corrected chi connectivity index (χ2v) is 5.92. The average molecular weight is 347 g/mol. The highest BCUT2D eigenvalue weighted by atomic mass is 16.5. The first-order chi connectivity index (χ1) is 12.7. The van der Waals surface area contributed by atoms with E-state index in [9.17, 15) is 4.79 Å². The van der Waals surface area contributed by atoms with Crippen molar-refractivity contribution in [2.75, 3.05) is 5.32 Å². The van der Waals surface area contributed by atoms with Crippen LogP contribution in [0.15, 0.2) is 71.4 Å². The maximum Gasteiger partial charge on any atom is 0.291 e. The zero-order chi connectivity index (χ0) is 17.9. The van der Waals surface area contributed by atoms with Gasteiger partial charge in [0.2, 0.25) is 0 Å². The molecule has 2 aromatic heterocycles. The second kappa shape index (κ2) is 6.76. The predicted octanol–water partition coefficient (Wildman–Crippen LogP) is 4.00. The number of aromatic nitrogens is 2. The summed E-state index contributed by atoms with van der Waals surface area (Å²) in [5, 5.41) is 9.01. The van der Waals surface area contributed by atoms with Gasteiger partial charge in [-0.15, -0.1) is 0 Å². The monoisotopic (exact) mass is 347 g/mol. The van der Waals surface area contributed by atoms with E-state index in [-0.39, 0.29) is 18.3 Å². The van der Waals surface area contributed by atoms with Crippen LogP contribution in [-0.4, -0.2) is 15.7 Å². The van der Waals surface area contributed by atoms with Crippen LogP contribution < -0.4 is 10.1 Å². The number of furan rings is 1. The largest absolute Gasteiger partial charge is 0.486 e. The van der Waals surface area contributed by atoms with Crippen molar-refractivity contribution in [2.45, 2.75) is 6.61 Å². The molecule has 26 heavy (non-hydrogen) atoms. The molecule has 1 N–H and O–H groups in total. The third kappa shape index (κ3) is 3.44. The van der Waals surface area contributed by atoms with Gasteiger partial charge in [-0.2, -0.15) is 5.10 Å². The van der Waals surface area contributed by atoms with Crippen molar-refractivity contribution in [1.82, 2.24) is 9.78 Å². The van der Waals surface area contributed by atoms with Crippen LogP contribution in [0.2, 0.25) is 0 Å². The molecule has 1 amide bonds. The van der Waals surface area contributed by atoms with E-state index >= 15 is 0 Å². The van der Waals surface area contributed by atoms with Crippen LogP contribution >= 0.6 is 0 Å². The van der Waals surface area contributed by atoms with Gasteiger partial charge >= 0.3 is 0 Å². The summed E-state index contributed by atoms with van der Waals surface area (Å²) < 4.78 is 13.0. The number of amides is 1. The number of fused-ring (bicyclic) bond motifs is 1. The SMILES string of the molecule is Cn1cc(NC(=O)c2ccc(COc3ccc4ccccc4c3)o2)cn1. The molecule has 0 aliphatic heterocycles. The Balaban J connectivity index is 1.40. The molecule has 0 radical (unpaired) electrons. The van der Waals surface area contributed by atoms with Gasteiger partial charge in [0.1, 0.15) is 18.1 Å². The number of anilines is 1. The van der Waals surface area contributed by atoms with Crippen molar-refractivity contribution >= 4 is 22.4 Å². The Kier molecular flexibility index (Phi) is 4.15. The smallest absolute Gasteiger partial charge is 0.291 e. The van der Waals surface area contributed by atoms with E-state index in [0.717, 1.165) is 16.5 Å². The molecule has 0 atom stereocenters. The molecule has 4 rings (SSSR count). The lowest BCUT2D eigenvalue weighted by Gasteiger charge is -2.06. The standard InChI is InChI=1S/C20H17N3O3/c1-23-12-16(11-21-23)22-20(24)19-9-8-18(26-19)13-25-17-7-6-14-4-2-3-5-15(14)10-17/h2-12H,13H2,1H3,(H,22,24). The van der Waals surface area contributed by atoms with Crippen LogP contribution in [0.1, 0.15) is 16.3 Å². The minimum absolute atomic E-state index is 0.228. The van der Waals surface area contributed by atoms with Crippen molar-refractivity contribution in [3.63, 3.8) is 0 Å². The van der Waals surface area contributed by atoms with Crippen molar-refractivity contribution in [3.8, 4) is 5.75 Å². The molecule has 0 aliphatic carbocycles. The van der Waals surface area contributed by atoms with Gasteiger partial charge in [0.15, 0.2) is 5.76 Å². The third-order valence-electron chi connectivity index (χ3n) is 3.95. The summed E-state index contributed by atoms with van der Waals surface area (Å²) in [6, 6.07) is 17.4. The molecule has 2 aromatic carbocycles. The van der Waals surface area contributed by atoms with Gasteiger partial charge in [-0.3, -0.25) is 9.48 Å². The number of carbonyl (C=O) groups is 1. The van der Waals surface area contributed by atoms with Gasteiger partial charge in [0.05, 0.1) is 11.9 Å². The van der Waals surface area contributed by atoms with Crippen LogP contribution in [0, 0.1) is 0 Å². The second-order valence-electron chi connectivity index (χ2n) is 5.92. The van der Waals surface area contributed by atoms with Crippen molar-refractivity contribution < 1.29 is 13.9 Å². The molecular weight excluding hydrogens is 330 g/mol. The number of nitrogens with one attached hydrogen (secondary N) is 1. The van der Waals surface area contributed by atoms with E-state index in [1.54, 1.807) is 36.3 Å². The van der Waals surface area contributed by atoms with Gasteiger partial charge in [-0.1, -0.05) is 30.3 Å². The molecule has 6 nitrogen and oxygen atoms in total. The fourth-order valence-corrected chi connectivity index (χ4v) is 2.67. The van der Waals surface area contributed by atoms with Crippen LogP contribution in [0.25, 0.3) is 10.8 Å². The number of nitrogens with zero attached hydrogens (tertiary/aromatic N) is 2. The number of carbonyl (C=O) groups excluding carboxylic acids is 1. The molecule has 0 unspecified atom stereocenters. The highest BCUT2D eigenvalue weighted by molar-refractivity contribution is 6.02. The number of hydrogen-bond acceptors (Lipinski definition) is 4. The quantitative estimate of drug-likeness (QED) is 0.592. The van der Waals surface area contributed by atoms with E-state index in [0.29, 0.717) is 11.4 Å². The Bertz CT molecular complexity index is 1060. The Hall–Kier alpha value is -3.54. The summed E-state index contributed by atoms with van der Waals surface area (Å²) in [4.78, 5) is 12.2. The summed E-state index contributed by atoms with van der Waals surface area (Å²) >= 11 is 0. The fraction of sp³-hybridized carbons (Fsp3) is 0.100. The number of benzene rings is 2. The van der Waals surface area contributed by atoms with E-state index in [2.05, 4.69) is 16.5 Å². The first-order valence-corrected chi connectivity index (χ1v) is 8.18. The van der Waals surface area contributed by atoms with Crippen LogP contribution in [0.3, 0.4) is 0 Å². The number of hydrogen-bond donors (Lipinski definition) is 1. The highest BCUT2D eigenvalue weighted by Crippen LogP contribution is 2.22. The van der Waals surface area contributed by atoms with Gasteiger partial charge in [-0.05, 0) is 35.0 Å². The number of rotatable bonds is 5. The summed E-state index contributed by atoms with van der Waals surface area (Å²) in [6.45, 7) is 0.249. The first-order valence-electron chi connectivity index (χ1n) is 8.18. The summed E-state index contributed by atoms with van der Waals surface area (Å²) in [5.74, 6) is 1.23. The molecule has 2 heterocycles. The van der Waals surface area contributed by atoms with Gasteiger partial charge < -0.3 is 14.5 Å². The average Bonchev–Trinajstić information content (AvgIpc) is 3.29. The van der Waals surface area contributed by atoms with E-state index in [4.69, 9.17) is 9.15 Å². The number of ether oxygens (including phenoxy) is 1. The van der Waals surface area contributed by atoms with E-state index in [1.165, 1.54) is 0 Å². The Morgan fingerprint density at radius 3 is 2.81 bits per heavy atom. The molecular formula is C20H17N3O3. The molecule has 0 saturated heterocycles. The third-order valence-corrected chi connectivity index (χ3v) is 3.95. The Morgan fingerprint density at radius 1 is 1.15 bits per heavy atom. The summed E-state index contributed by atoms with van der Waals surface area (Å²) in [5.41, 5.74) is 0.614. The maximum atomic E-state index is 12.2. The molecule has 0 spiro atoms. The van der Waals surface area contributed by atoms with Crippen molar-refractivity contribution in [1.29, 1.82) is 0 Å². The highest BCUT2D eigenvalue weighted by Gasteiger charge is 2.12. The zero-order valence-electron chi connectivity index (χ0n) is 14.2. The molecule has 130 valence electrons. The van der Waals surface area contributed by atoms with Crippen molar-refractivity contribution in [3.05, 3.63) is 78.5 Å². The van der Waals surface area contributed by atoms with Gasteiger partial charge in [0, 0.05) is 13.2 Å². The molecule has 0 saturated carbocycles. The van der Waals surface area contributed by atoms with Crippen LogP contribution in [-0.2, 0) is 13.7 Å². The minimum atomic E-state index is -0.324. The topological polar surface area (TPSA) is 69.3 Å². The lowest BCUT2D eigenvalue weighted by molar-refractivity contribution is 0.0992. The fourth-order valence-electron chi connectivity index (χ4n) is 2.67. The van der Waals surface area contributed by atoms with Crippen molar-refractivity contribution in [2.24, 2.45) is 7.05 Å². The Labute approximate surface area is 150 Å². The predicted molar refractivity (Wildman–Crippen MR) is 98.1 cm³/mol. The molecule has 6 heteroatoms. The minimum Gasteiger partial charge on any atom is -0.486 e. The first kappa shape index (κ1) is 16.0.